The van der Waals surface area contributed by atoms with E-state index in [-0.39, 0.29) is 17.5 Å². The van der Waals surface area contributed by atoms with Crippen molar-refractivity contribution in [3.05, 3.63) is 83.8 Å². The number of imidazole rings is 1. The standard InChI is InChI=1S/C24H28N4O3S/c1-19-25-22(18-26(19)2)32(30,31)28-15-9-14-27(16-17-28)24(29)23(20-10-5-3-6-11-20)21-12-7-4-8-13-21/h3-8,10-13,18,23H,9,14-17H2,1-2H3. The number of hydrogen-bond donors (Lipinski definition) is 0. The number of benzene rings is 2. The summed E-state index contributed by atoms with van der Waals surface area (Å²) < 4.78 is 29.4. The molecule has 4 rings (SSSR count). The molecule has 1 saturated heterocycles. The Bertz CT molecular complexity index is 1120. The third-order valence-electron chi connectivity index (χ3n) is 5.97. The number of hydrogen-bond acceptors (Lipinski definition) is 4. The van der Waals surface area contributed by atoms with Gasteiger partial charge in [-0.2, -0.15) is 4.31 Å². The smallest absolute Gasteiger partial charge is 0.262 e. The van der Waals surface area contributed by atoms with Crippen molar-refractivity contribution in [2.24, 2.45) is 7.05 Å². The van der Waals surface area contributed by atoms with E-state index >= 15 is 0 Å². The van der Waals surface area contributed by atoms with Gasteiger partial charge in [-0.1, -0.05) is 60.7 Å². The molecule has 0 aliphatic carbocycles. The Morgan fingerprint density at radius 3 is 2.03 bits per heavy atom. The molecule has 0 spiro atoms. The second-order valence-electron chi connectivity index (χ2n) is 8.07. The van der Waals surface area contributed by atoms with E-state index in [0.29, 0.717) is 31.9 Å². The average Bonchev–Trinajstić information content (AvgIpc) is 3.00. The van der Waals surface area contributed by atoms with Gasteiger partial charge in [-0.25, -0.2) is 13.4 Å². The molecule has 8 heteroatoms. The zero-order valence-corrected chi connectivity index (χ0v) is 19.2. The van der Waals surface area contributed by atoms with Crippen molar-refractivity contribution >= 4 is 15.9 Å². The van der Waals surface area contributed by atoms with Crippen LogP contribution in [-0.4, -0.2) is 59.3 Å². The molecule has 1 fully saturated rings. The summed E-state index contributed by atoms with van der Waals surface area (Å²) >= 11 is 0. The molecule has 0 bridgehead atoms. The summed E-state index contributed by atoms with van der Waals surface area (Å²) in [6.45, 7) is 3.25. The number of sulfonamides is 1. The lowest BCUT2D eigenvalue weighted by Gasteiger charge is -2.27. The van der Waals surface area contributed by atoms with Crippen LogP contribution in [0.4, 0.5) is 0 Å². The van der Waals surface area contributed by atoms with E-state index in [1.807, 2.05) is 60.7 Å². The minimum Gasteiger partial charge on any atom is -0.341 e. The Hall–Kier alpha value is -2.97. The van der Waals surface area contributed by atoms with Crippen molar-refractivity contribution in [3.8, 4) is 0 Å². The minimum absolute atomic E-state index is 0.00433. The molecule has 1 aliphatic heterocycles. The van der Waals surface area contributed by atoms with Crippen molar-refractivity contribution in [3.63, 3.8) is 0 Å². The molecule has 2 heterocycles. The summed E-state index contributed by atoms with van der Waals surface area (Å²) in [6, 6.07) is 19.5. The van der Waals surface area contributed by atoms with Gasteiger partial charge in [-0.15, -0.1) is 0 Å². The lowest BCUT2D eigenvalue weighted by Crippen LogP contribution is -2.39. The first-order chi connectivity index (χ1) is 15.4. The van der Waals surface area contributed by atoms with Gasteiger partial charge < -0.3 is 9.47 Å². The third kappa shape index (κ3) is 4.47. The van der Waals surface area contributed by atoms with Crippen LogP contribution in [0.15, 0.2) is 71.9 Å². The van der Waals surface area contributed by atoms with Crippen molar-refractivity contribution in [1.29, 1.82) is 0 Å². The third-order valence-corrected chi connectivity index (χ3v) is 7.74. The molecule has 0 radical (unpaired) electrons. The van der Waals surface area contributed by atoms with E-state index in [1.54, 1.807) is 29.6 Å². The molecule has 168 valence electrons. The largest absolute Gasteiger partial charge is 0.341 e. The van der Waals surface area contributed by atoms with Crippen LogP contribution < -0.4 is 0 Å². The molecule has 0 N–H and O–H groups in total. The number of nitrogens with zero attached hydrogens (tertiary/aromatic N) is 4. The highest BCUT2D eigenvalue weighted by molar-refractivity contribution is 7.89. The number of aromatic nitrogens is 2. The molecule has 1 aliphatic rings. The number of amides is 1. The van der Waals surface area contributed by atoms with E-state index < -0.39 is 15.9 Å². The molecule has 0 saturated carbocycles. The first-order valence-corrected chi connectivity index (χ1v) is 12.2. The van der Waals surface area contributed by atoms with Gasteiger partial charge in [0, 0.05) is 39.4 Å². The number of rotatable bonds is 5. The van der Waals surface area contributed by atoms with E-state index in [4.69, 9.17) is 0 Å². The van der Waals surface area contributed by atoms with E-state index in [2.05, 4.69) is 4.98 Å². The van der Waals surface area contributed by atoms with Crippen LogP contribution in [0.3, 0.4) is 0 Å². The highest BCUT2D eigenvalue weighted by Crippen LogP contribution is 2.28. The number of aryl methyl sites for hydroxylation is 2. The lowest BCUT2D eigenvalue weighted by atomic mass is 9.90. The van der Waals surface area contributed by atoms with Gasteiger partial charge in [0.2, 0.25) is 5.91 Å². The van der Waals surface area contributed by atoms with Gasteiger partial charge >= 0.3 is 0 Å². The molecule has 2 aromatic carbocycles. The topological polar surface area (TPSA) is 75.5 Å². The van der Waals surface area contributed by atoms with Gasteiger partial charge in [0.1, 0.15) is 5.82 Å². The Morgan fingerprint density at radius 2 is 1.50 bits per heavy atom. The summed E-state index contributed by atoms with van der Waals surface area (Å²) in [7, 11) is -1.92. The van der Waals surface area contributed by atoms with Gasteiger partial charge in [-0.3, -0.25) is 4.79 Å². The SMILES string of the molecule is Cc1nc(S(=O)(=O)N2CCCN(C(=O)C(c3ccccc3)c3ccccc3)CC2)cn1C. The predicted molar refractivity (Wildman–Crippen MR) is 123 cm³/mol. The number of carbonyl (C=O) groups excluding carboxylic acids is 1. The Labute approximate surface area is 189 Å². The molecular weight excluding hydrogens is 424 g/mol. The van der Waals surface area contributed by atoms with E-state index in [1.165, 1.54) is 4.31 Å². The van der Waals surface area contributed by atoms with Gasteiger partial charge in [-0.05, 0) is 24.5 Å². The molecule has 1 aromatic heterocycles. The maximum absolute atomic E-state index is 13.7. The molecule has 1 amide bonds. The molecule has 0 atom stereocenters. The normalized spacial score (nSPS) is 15.7. The second-order valence-corrected chi connectivity index (χ2v) is 9.96. The Kier molecular flexibility index (Phi) is 6.43. The Morgan fingerprint density at radius 1 is 0.906 bits per heavy atom. The molecule has 32 heavy (non-hydrogen) atoms. The second kappa shape index (κ2) is 9.26. The first kappa shape index (κ1) is 22.2. The van der Waals surface area contributed by atoms with Crippen LogP contribution in [0.1, 0.15) is 29.3 Å². The average molecular weight is 453 g/mol. The van der Waals surface area contributed by atoms with Crippen LogP contribution in [-0.2, 0) is 21.9 Å². The Balaban J connectivity index is 1.56. The predicted octanol–water partition coefficient (Wildman–Crippen LogP) is 2.78. The first-order valence-electron chi connectivity index (χ1n) is 10.8. The van der Waals surface area contributed by atoms with Crippen LogP contribution >= 0.6 is 0 Å². The summed E-state index contributed by atoms with van der Waals surface area (Å²) in [4.78, 5) is 19.7. The fraction of sp³-hybridized carbons (Fsp3) is 0.333. The van der Waals surface area contributed by atoms with E-state index in [0.717, 1.165) is 11.1 Å². The lowest BCUT2D eigenvalue weighted by molar-refractivity contribution is -0.131. The fourth-order valence-electron chi connectivity index (χ4n) is 4.09. The zero-order valence-electron chi connectivity index (χ0n) is 18.4. The van der Waals surface area contributed by atoms with Crippen molar-refractivity contribution < 1.29 is 13.2 Å². The molecule has 0 unspecified atom stereocenters. The van der Waals surface area contributed by atoms with Crippen LogP contribution in [0.2, 0.25) is 0 Å². The summed E-state index contributed by atoms with van der Waals surface area (Å²) in [5.74, 6) is 0.220. The summed E-state index contributed by atoms with van der Waals surface area (Å²) in [5, 5.41) is 0.0590. The van der Waals surface area contributed by atoms with Crippen molar-refractivity contribution in [2.75, 3.05) is 26.2 Å². The molecule has 3 aromatic rings. The molecular formula is C24H28N4O3S. The monoisotopic (exact) mass is 452 g/mol. The van der Waals surface area contributed by atoms with Gasteiger partial charge in [0.05, 0.1) is 5.92 Å². The number of carbonyl (C=O) groups is 1. The zero-order chi connectivity index (χ0) is 22.7. The van der Waals surface area contributed by atoms with Crippen LogP contribution in [0.25, 0.3) is 0 Å². The van der Waals surface area contributed by atoms with Crippen LogP contribution in [0.5, 0.6) is 0 Å². The van der Waals surface area contributed by atoms with Crippen molar-refractivity contribution in [2.45, 2.75) is 24.3 Å². The highest BCUT2D eigenvalue weighted by atomic mass is 32.2. The molecule has 7 nitrogen and oxygen atoms in total. The van der Waals surface area contributed by atoms with E-state index in [9.17, 15) is 13.2 Å². The van der Waals surface area contributed by atoms with Crippen LogP contribution in [0, 0.1) is 6.92 Å². The summed E-state index contributed by atoms with van der Waals surface area (Å²) in [5.41, 5.74) is 1.86. The van der Waals surface area contributed by atoms with Gasteiger partial charge in [0.25, 0.3) is 10.0 Å². The fourth-order valence-corrected chi connectivity index (χ4v) is 5.58. The highest BCUT2D eigenvalue weighted by Gasteiger charge is 2.33. The minimum atomic E-state index is -3.70. The maximum atomic E-state index is 13.7. The van der Waals surface area contributed by atoms with Crippen molar-refractivity contribution in [1.82, 2.24) is 18.8 Å². The quantitative estimate of drug-likeness (QED) is 0.597. The summed E-state index contributed by atoms with van der Waals surface area (Å²) in [6.07, 6.45) is 2.12. The van der Waals surface area contributed by atoms with Gasteiger partial charge in [0.15, 0.2) is 5.03 Å². The maximum Gasteiger partial charge on any atom is 0.262 e.